The number of hydrogen-bond acceptors (Lipinski definition) is 3. The second-order valence-corrected chi connectivity index (χ2v) is 7.94. The standard InChI is InChI=1S/C19H19N2.CHF3O3S/c1-3-12-21-17-11-7-5-9-15(17)19-18(21)13-14-8-4-6-10-16(14)20(19)2;2-1(3,4)8(5,6)7/h4-11,13H,3,12H2,1-2H3;(H,5,6,7)/q+1;/p-1. The number of para-hydroxylation sites is 2. The zero-order chi connectivity index (χ0) is 21.4. The van der Waals surface area contributed by atoms with Crippen LogP contribution in [0.5, 0.6) is 0 Å². The predicted molar refractivity (Wildman–Crippen MR) is 104 cm³/mol. The minimum Gasteiger partial charge on any atom is -0.741 e. The van der Waals surface area contributed by atoms with Crippen LogP contribution in [0.3, 0.4) is 0 Å². The van der Waals surface area contributed by atoms with Crippen LogP contribution in [0.1, 0.15) is 13.3 Å². The molecular weight excluding hydrogens is 405 g/mol. The van der Waals surface area contributed by atoms with Gasteiger partial charge in [0.05, 0.1) is 10.9 Å². The number of nitrogens with zero attached hydrogens (tertiary/aromatic N) is 2. The summed E-state index contributed by atoms with van der Waals surface area (Å²) in [4.78, 5) is 0. The van der Waals surface area contributed by atoms with Crippen LogP contribution in [0.4, 0.5) is 13.2 Å². The largest absolute Gasteiger partial charge is 0.741 e. The molecule has 4 rings (SSSR count). The zero-order valence-electron chi connectivity index (χ0n) is 15.8. The fourth-order valence-electron chi connectivity index (χ4n) is 3.45. The van der Waals surface area contributed by atoms with Crippen molar-refractivity contribution in [1.29, 1.82) is 0 Å². The van der Waals surface area contributed by atoms with Gasteiger partial charge in [-0.2, -0.15) is 17.7 Å². The first kappa shape index (κ1) is 21.1. The van der Waals surface area contributed by atoms with Gasteiger partial charge in [-0.3, -0.25) is 0 Å². The summed E-state index contributed by atoms with van der Waals surface area (Å²) >= 11 is 0. The van der Waals surface area contributed by atoms with E-state index in [1.54, 1.807) is 0 Å². The Bertz CT molecular complexity index is 1300. The molecule has 0 spiro atoms. The monoisotopic (exact) mass is 424 g/mol. The van der Waals surface area contributed by atoms with Crippen LogP contribution in [-0.4, -0.2) is 23.0 Å². The lowest BCUT2D eigenvalue weighted by Gasteiger charge is -2.08. The molecule has 0 aliphatic rings. The van der Waals surface area contributed by atoms with Gasteiger partial charge in [0.2, 0.25) is 11.0 Å². The maximum Gasteiger partial charge on any atom is 0.485 e. The molecule has 0 unspecified atom stereocenters. The number of halogens is 3. The highest BCUT2D eigenvalue weighted by Gasteiger charge is 2.36. The van der Waals surface area contributed by atoms with Crippen LogP contribution in [0, 0.1) is 0 Å². The van der Waals surface area contributed by atoms with E-state index in [0.29, 0.717) is 0 Å². The molecule has 0 bridgehead atoms. The van der Waals surface area contributed by atoms with Crippen LogP contribution >= 0.6 is 0 Å². The van der Waals surface area contributed by atoms with E-state index < -0.39 is 15.6 Å². The highest BCUT2D eigenvalue weighted by Crippen LogP contribution is 2.29. The van der Waals surface area contributed by atoms with Crippen molar-refractivity contribution >= 4 is 43.0 Å². The number of aryl methyl sites for hydroxylation is 2. The van der Waals surface area contributed by atoms with Crippen molar-refractivity contribution in [2.24, 2.45) is 7.05 Å². The van der Waals surface area contributed by atoms with E-state index in [1.165, 1.54) is 32.8 Å². The van der Waals surface area contributed by atoms with Gasteiger partial charge in [-0.1, -0.05) is 31.2 Å². The molecule has 0 fully saturated rings. The van der Waals surface area contributed by atoms with Gasteiger partial charge in [0.25, 0.3) is 0 Å². The first-order valence-electron chi connectivity index (χ1n) is 8.87. The molecule has 0 saturated carbocycles. The topological polar surface area (TPSA) is 66.0 Å². The molecule has 0 amide bonds. The summed E-state index contributed by atoms with van der Waals surface area (Å²) < 4.78 is 63.7. The lowest BCUT2D eigenvalue weighted by atomic mass is 10.1. The van der Waals surface area contributed by atoms with Crippen molar-refractivity contribution in [3.8, 4) is 0 Å². The van der Waals surface area contributed by atoms with E-state index in [2.05, 4.69) is 77.7 Å². The Hall–Kier alpha value is -2.65. The molecule has 0 radical (unpaired) electrons. The maximum atomic E-state index is 10.7. The first-order chi connectivity index (χ1) is 13.6. The van der Waals surface area contributed by atoms with E-state index in [9.17, 15) is 13.2 Å². The molecular formula is C20H19F3N2O3S. The molecule has 4 aromatic rings. The lowest BCUT2D eigenvalue weighted by Crippen LogP contribution is -2.29. The summed E-state index contributed by atoms with van der Waals surface area (Å²) in [5.74, 6) is 0. The van der Waals surface area contributed by atoms with Gasteiger partial charge in [-0.15, -0.1) is 0 Å². The number of aromatic nitrogens is 2. The molecule has 0 saturated heterocycles. The minimum atomic E-state index is -6.09. The van der Waals surface area contributed by atoms with Gasteiger partial charge < -0.3 is 9.12 Å². The molecule has 9 heteroatoms. The molecule has 0 N–H and O–H groups in total. The highest BCUT2D eigenvalue weighted by molar-refractivity contribution is 7.86. The van der Waals surface area contributed by atoms with E-state index >= 15 is 0 Å². The number of alkyl halides is 3. The third-order valence-corrected chi connectivity index (χ3v) is 5.21. The van der Waals surface area contributed by atoms with Crippen molar-refractivity contribution in [2.45, 2.75) is 25.4 Å². The summed E-state index contributed by atoms with van der Waals surface area (Å²) in [5, 5.41) is 2.64. The summed E-state index contributed by atoms with van der Waals surface area (Å²) in [5.41, 5.74) is -0.367. The van der Waals surface area contributed by atoms with Crippen LogP contribution in [-0.2, 0) is 23.7 Å². The predicted octanol–water partition coefficient (Wildman–Crippen LogP) is 4.23. The molecule has 5 nitrogen and oxygen atoms in total. The smallest absolute Gasteiger partial charge is 0.485 e. The summed E-state index contributed by atoms with van der Waals surface area (Å²) in [7, 11) is -3.92. The molecule has 0 aliphatic carbocycles. The quantitative estimate of drug-likeness (QED) is 0.275. The highest BCUT2D eigenvalue weighted by atomic mass is 32.2. The second-order valence-electron chi connectivity index (χ2n) is 6.56. The fourth-order valence-corrected chi connectivity index (χ4v) is 3.45. The van der Waals surface area contributed by atoms with Crippen molar-refractivity contribution < 1.29 is 30.7 Å². The molecule has 154 valence electrons. The van der Waals surface area contributed by atoms with Crippen LogP contribution in [0.25, 0.3) is 32.8 Å². The summed E-state index contributed by atoms with van der Waals surface area (Å²) in [6.07, 6.45) is 1.14. The van der Waals surface area contributed by atoms with E-state index in [1.807, 2.05) is 0 Å². The normalized spacial score (nSPS) is 12.3. The van der Waals surface area contributed by atoms with E-state index in [-0.39, 0.29) is 0 Å². The third-order valence-electron chi connectivity index (χ3n) is 4.64. The van der Waals surface area contributed by atoms with Crippen LogP contribution < -0.4 is 4.57 Å². The SMILES string of the molecule is CCCn1c2ccccc2c2c1cc1ccccc1[n+]2C.O=S(=O)([O-])C(F)(F)F. The number of pyridine rings is 1. The number of benzene rings is 2. The van der Waals surface area contributed by atoms with Gasteiger partial charge in [0.1, 0.15) is 12.6 Å². The third kappa shape index (κ3) is 3.92. The Kier molecular flexibility index (Phi) is 5.55. The average molecular weight is 424 g/mol. The van der Waals surface area contributed by atoms with Crippen LogP contribution in [0.2, 0.25) is 0 Å². The molecule has 29 heavy (non-hydrogen) atoms. The Labute approximate surface area is 165 Å². The fraction of sp³-hybridized carbons (Fsp3) is 0.250. The number of hydrogen-bond donors (Lipinski definition) is 0. The number of rotatable bonds is 2. The van der Waals surface area contributed by atoms with Gasteiger partial charge >= 0.3 is 5.51 Å². The maximum absolute atomic E-state index is 10.7. The number of fused-ring (bicyclic) bond motifs is 4. The van der Waals surface area contributed by atoms with E-state index in [0.717, 1.165) is 13.0 Å². The summed E-state index contributed by atoms with van der Waals surface area (Å²) in [6.45, 7) is 3.30. The van der Waals surface area contributed by atoms with Crippen molar-refractivity contribution in [1.82, 2.24) is 4.57 Å². The Morgan fingerprint density at radius 3 is 2.24 bits per heavy atom. The Morgan fingerprint density at radius 2 is 1.62 bits per heavy atom. The van der Waals surface area contributed by atoms with Gasteiger partial charge in [0, 0.05) is 18.0 Å². The van der Waals surface area contributed by atoms with Crippen LogP contribution in [0.15, 0.2) is 54.6 Å². The van der Waals surface area contributed by atoms with Gasteiger partial charge in [-0.05, 0) is 30.7 Å². The Balaban J connectivity index is 0.000000258. The molecule has 2 aromatic heterocycles. The summed E-state index contributed by atoms with van der Waals surface area (Å²) in [6, 6.07) is 19.7. The first-order valence-corrected chi connectivity index (χ1v) is 10.3. The van der Waals surface area contributed by atoms with E-state index in [4.69, 9.17) is 13.0 Å². The van der Waals surface area contributed by atoms with Gasteiger partial charge in [-0.25, -0.2) is 8.42 Å². The average Bonchev–Trinajstić information content (AvgIpc) is 2.95. The van der Waals surface area contributed by atoms with Crippen molar-refractivity contribution in [2.75, 3.05) is 0 Å². The Morgan fingerprint density at radius 1 is 1.03 bits per heavy atom. The van der Waals surface area contributed by atoms with Crippen molar-refractivity contribution in [3.63, 3.8) is 0 Å². The lowest BCUT2D eigenvalue weighted by molar-refractivity contribution is -0.616. The molecule has 2 aromatic carbocycles. The van der Waals surface area contributed by atoms with Crippen molar-refractivity contribution in [3.05, 3.63) is 54.6 Å². The minimum absolute atomic E-state index is 1.06. The molecule has 0 atom stereocenters. The van der Waals surface area contributed by atoms with Gasteiger partial charge in [0.15, 0.2) is 10.1 Å². The zero-order valence-corrected chi connectivity index (χ0v) is 16.6. The molecule has 2 heterocycles. The molecule has 0 aliphatic heterocycles. The second kappa shape index (κ2) is 7.64.